The predicted molar refractivity (Wildman–Crippen MR) is 245 cm³/mol. The maximum Gasteiger partial charge on any atom is 0.513 e. The molecule has 0 heterocycles. The van der Waals surface area contributed by atoms with E-state index in [1.807, 2.05) is 18.2 Å². The first-order chi connectivity index (χ1) is 29.7. The minimum absolute atomic E-state index is 0.196. The Labute approximate surface area is 372 Å². The largest absolute Gasteiger partial charge is 0.513 e. The molecule has 0 amide bonds. The van der Waals surface area contributed by atoms with E-state index < -0.39 is 30.7 Å². The number of methoxy groups -OCH3 is 2. The van der Waals surface area contributed by atoms with Gasteiger partial charge in [-0.05, 0) is 116 Å². The van der Waals surface area contributed by atoms with Crippen LogP contribution in [-0.4, -0.2) is 39.9 Å². The van der Waals surface area contributed by atoms with Gasteiger partial charge in [-0.3, -0.25) is 4.79 Å². The first-order valence-electron chi connectivity index (χ1n) is 21.2. The fourth-order valence-corrected chi connectivity index (χ4v) is 7.06. The average Bonchev–Trinajstić information content (AvgIpc) is 3.25. The Morgan fingerprint density at radius 1 is 0.587 bits per heavy atom. The molecule has 0 spiro atoms. The standard InChI is InChI=1S/C22H25F3.C14H14.C11H16O.C6H10O6/c1-15-7-9-18(13-17(15)3)21(11-5-4-6-12-21)19-10-8-16(2)20(14-19)22(23,24)25;1-11-3-7-13(8-4-11)14-9-5-12(2)6-10-14;1-11(2,3)9-5-7-10(12-4)8-6-9;1-5(7)10-4-12-6(8)11-3-9-2/h7-10,13-14H,4-6,11-12H2,1-3H3;3-10H,1-2H3;5-8H,1-4H3;3-4H2,1-2H3. The molecule has 0 bridgehead atoms. The highest BCUT2D eigenvalue weighted by Crippen LogP contribution is 2.47. The minimum Gasteiger partial charge on any atom is -0.497 e. The van der Waals surface area contributed by atoms with Gasteiger partial charge in [-0.25, -0.2) is 4.79 Å². The molecule has 0 unspecified atom stereocenters. The molecule has 1 aliphatic rings. The van der Waals surface area contributed by atoms with Crippen molar-refractivity contribution >= 4 is 12.1 Å². The summed E-state index contributed by atoms with van der Waals surface area (Å²) in [7, 11) is 3.05. The van der Waals surface area contributed by atoms with Crippen molar-refractivity contribution in [2.45, 2.75) is 111 Å². The maximum absolute atomic E-state index is 13.4. The second-order valence-electron chi connectivity index (χ2n) is 16.9. The van der Waals surface area contributed by atoms with Crippen molar-refractivity contribution < 1.29 is 46.4 Å². The molecule has 340 valence electrons. The second kappa shape index (κ2) is 24.3. The lowest BCUT2D eigenvalue weighted by molar-refractivity contribution is -0.151. The highest BCUT2D eigenvalue weighted by Gasteiger charge is 2.39. The van der Waals surface area contributed by atoms with E-state index in [-0.39, 0.29) is 17.6 Å². The van der Waals surface area contributed by atoms with Crippen LogP contribution in [0.5, 0.6) is 5.75 Å². The highest BCUT2D eigenvalue weighted by molar-refractivity contribution is 5.66. The Hall–Kier alpha value is -5.61. The molecule has 6 rings (SSSR count). The number of alkyl halides is 3. The Morgan fingerprint density at radius 2 is 1.08 bits per heavy atom. The van der Waals surface area contributed by atoms with Crippen molar-refractivity contribution in [1.29, 1.82) is 0 Å². The van der Waals surface area contributed by atoms with Crippen LogP contribution >= 0.6 is 0 Å². The summed E-state index contributed by atoms with van der Waals surface area (Å²) < 4.78 is 62.7. The molecular weight excluding hydrogens is 806 g/mol. The molecule has 0 saturated heterocycles. The van der Waals surface area contributed by atoms with Gasteiger partial charge in [0.05, 0.1) is 12.7 Å². The monoisotopic (exact) mass is 870 g/mol. The quantitative estimate of drug-likeness (QED) is 0.113. The number of rotatable bonds is 8. The molecule has 0 N–H and O–H groups in total. The van der Waals surface area contributed by atoms with Gasteiger partial charge < -0.3 is 23.7 Å². The third kappa shape index (κ3) is 16.6. The molecule has 0 radical (unpaired) electrons. The summed E-state index contributed by atoms with van der Waals surface area (Å²) in [5.41, 5.74) is 10.6. The lowest BCUT2D eigenvalue weighted by Gasteiger charge is -2.39. The van der Waals surface area contributed by atoms with Crippen LogP contribution in [0.3, 0.4) is 0 Å². The number of carbonyl (C=O) groups is 2. The van der Waals surface area contributed by atoms with Crippen LogP contribution in [0.25, 0.3) is 11.1 Å². The number of ether oxygens (including phenoxy) is 5. The van der Waals surface area contributed by atoms with E-state index in [2.05, 4.69) is 146 Å². The van der Waals surface area contributed by atoms with Gasteiger partial charge in [-0.1, -0.05) is 142 Å². The topological polar surface area (TPSA) is 80.3 Å². The van der Waals surface area contributed by atoms with E-state index in [1.54, 1.807) is 13.2 Å². The molecule has 0 aliphatic heterocycles. The third-order valence-electron chi connectivity index (χ3n) is 11.0. The molecule has 63 heavy (non-hydrogen) atoms. The van der Waals surface area contributed by atoms with Gasteiger partial charge in [-0.15, -0.1) is 0 Å². The second-order valence-corrected chi connectivity index (χ2v) is 16.9. The number of aryl methyl sites for hydroxylation is 5. The molecule has 1 saturated carbocycles. The van der Waals surface area contributed by atoms with Crippen LogP contribution in [0.2, 0.25) is 0 Å². The number of halogens is 3. The third-order valence-corrected chi connectivity index (χ3v) is 11.0. The van der Waals surface area contributed by atoms with Crippen LogP contribution in [0, 0.1) is 34.6 Å². The molecule has 5 aromatic rings. The van der Waals surface area contributed by atoms with Gasteiger partial charge in [0.25, 0.3) is 0 Å². The van der Waals surface area contributed by atoms with Gasteiger partial charge in [0.1, 0.15) is 5.75 Å². The lowest BCUT2D eigenvalue weighted by atomic mass is 9.64. The number of hydrogen-bond acceptors (Lipinski definition) is 7. The van der Waals surface area contributed by atoms with Crippen LogP contribution in [0.15, 0.2) is 109 Å². The van der Waals surface area contributed by atoms with E-state index in [0.29, 0.717) is 5.56 Å². The summed E-state index contributed by atoms with van der Waals surface area (Å²) in [6.45, 7) is 17.1. The van der Waals surface area contributed by atoms with Gasteiger partial charge in [0, 0.05) is 19.4 Å². The summed E-state index contributed by atoms with van der Waals surface area (Å²) in [6.07, 6.45) is -0.155. The molecule has 10 heteroatoms. The highest BCUT2D eigenvalue weighted by atomic mass is 19.4. The van der Waals surface area contributed by atoms with Gasteiger partial charge in [0.2, 0.25) is 6.79 Å². The number of carbonyl (C=O) groups excluding carboxylic acids is 2. The molecule has 0 atom stereocenters. The zero-order chi connectivity index (χ0) is 46.8. The van der Waals surface area contributed by atoms with Crippen LogP contribution < -0.4 is 4.74 Å². The number of hydrogen-bond donors (Lipinski definition) is 0. The normalized spacial score (nSPS) is 13.0. The number of benzene rings is 5. The number of esters is 1. The van der Waals surface area contributed by atoms with E-state index in [1.165, 1.54) is 66.0 Å². The summed E-state index contributed by atoms with van der Waals surface area (Å²) in [5.74, 6) is 0.387. The molecule has 1 aliphatic carbocycles. The fraction of sp³-hybridized carbons (Fsp3) is 0.396. The van der Waals surface area contributed by atoms with Gasteiger partial charge >= 0.3 is 18.3 Å². The SMILES string of the molecule is COCOC(=O)OCOC(C)=O.COc1ccc(C(C)(C)C)cc1.Cc1ccc(-c2ccc(C)cc2)cc1.Cc1ccc(C2(c3ccc(C)c(C(F)(F)F)c3)CCCCC2)cc1C. The fourth-order valence-electron chi connectivity index (χ4n) is 7.06. The van der Waals surface area contributed by atoms with E-state index in [9.17, 15) is 22.8 Å². The van der Waals surface area contributed by atoms with E-state index in [4.69, 9.17) is 4.74 Å². The Kier molecular flexibility index (Phi) is 20.0. The zero-order valence-corrected chi connectivity index (χ0v) is 38.8. The summed E-state index contributed by atoms with van der Waals surface area (Å²) in [5, 5.41) is 0. The average molecular weight is 871 g/mol. The molecule has 7 nitrogen and oxygen atoms in total. The van der Waals surface area contributed by atoms with Crippen molar-refractivity contribution in [2.24, 2.45) is 0 Å². The van der Waals surface area contributed by atoms with Crippen molar-refractivity contribution in [2.75, 3.05) is 27.8 Å². The van der Waals surface area contributed by atoms with Crippen molar-refractivity contribution in [3.63, 3.8) is 0 Å². The molecule has 0 aromatic heterocycles. The van der Waals surface area contributed by atoms with E-state index in [0.717, 1.165) is 49.0 Å². The maximum atomic E-state index is 13.4. The summed E-state index contributed by atoms with van der Waals surface area (Å²) in [6, 6.07) is 36.8. The Morgan fingerprint density at radius 3 is 1.52 bits per heavy atom. The van der Waals surface area contributed by atoms with Crippen LogP contribution in [0.4, 0.5) is 18.0 Å². The summed E-state index contributed by atoms with van der Waals surface area (Å²) in [4.78, 5) is 20.6. The molecule has 1 fully saturated rings. The Bertz CT molecular complexity index is 2120. The first-order valence-corrected chi connectivity index (χ1v) is 21.2. The lowest BCUT2D eigenvalue weighted by Crippen LogP contribution is -2.31. The van der Waals surface area contributed by atoms with Crippen molar-refractivity contribution in [1.82, 2.24) is 0 Å². The van der Waals surface area contributed by atoms with Crippen LogP contribution in [0.1, 0.15) is 110 Å². The molecule has 5 aromatic carbocycles. The van der Waals surface area contributed by atoms with Gasteiger partial charge in [0.15, 0.2) is 6.79 Å². The summed E-state index contributed by atoms with van der Waals surface area (Å²) >= 11 is 0. The molecular formula is C53H65F3O7. The van der Waals surface area contributed by atoms with E-state index >= 15 is 0 Å². The van der Waals surface area contributed by atoms with Crippen LogP contribution in [-0.2, 0) is 40.7 Å². The smallest absolute Gasteiger partial charge is 0.497 e. The zero-order valence-electron chi connectivity index (χ0n) is 38.8. The van der Waals surface area contributed by atoms with Gasteiger partial charge in [-0.2, -0.15) is 13.2 Å². The predicted octanol–water partition coefficient (Wildman–Crippen LogP) is 14.1. The minimum atomic E-state index is -4.31. The van der Waals surface area contributed by atoms with Crippen molar-refractivity contribution in [3.05, 3.63) is 159 Å². The first kappa shape index (κ1) is 51.7. The Balaban J connectivity index is 0.000000238. The van der Waals surface area contributed by atoms with Crippen molar-refractivity contribution in [3.8, 4) is 16.9 Å².